The second-order valence-electron chi connectivity index (χ2n) is 11.6. The van der Waals surface area contributed by atoms with E-state index in [1.807, 2.05) is 0 Å². The minimum absolute atomic E-state index is 1.03. The van der Waals surface area contributed by atoms with Crippen LogP contribution in [0.25, 0.3) is 0 Å². The molecule has 0 amide bonds. The lowest BCUT2D eigenvalue weighted by Crippen LogP contribution is -2.73. The van der Waals surface area contributed by atoms with E-state index in [1.54, 1.807) is 0 Å². The molecule has 0 aliphatic carbocycles. The van der Waals surface area contributed by atoms with Crippen LogP contribution in [0.15, 0.2) is 0 Å². The highest BCUT2D eigenvalue weighted by Crippen LogP contribution is 2.64. The van der Waals surface area contributed by atoms with Crippen LogP contribution >= 0.6 is 0 Å². The van der Waals surface area contributed by atoms with Gasteiger partial charge in [-0.3, -0.25) is 0 Å². The minimum atomic E-state index is -8.81. The van der Waals surface area contributed by atoms with Crippen molar-refractivity contribution in [3.05, 3.63) is 0 Å². The third kappa shape index (κ3) is 8.86. The van der Waals surface area contributed by atoms with Gasteiger partial charge in [-0.1, -0.05) is 12.8 Å². The second kappa shape index (κ2) is 16.9. The molecule has 36 heteroatoms. The summed E-state index contributed by atoms with van der Waals surface area (Å²) in [5.74, 6) is -101. The van der Waals surface area contributed by atoms with E-state index < -0.39 is 147 Å². The van der Waals surface area contributed by atoms with Crippen LogP contribution in [0.1, 0.15) is 25.7 Å². The molecule has 0 heterocycles. The number of ether oxygens (including phenoxy) is 2. The quantitative estimate of drug-likeness (QED) is 0.0670. The molecule has 362 valence electrons. The number of hydrogen-bond acceptors (Lipinski definition) is 2. The van der Waals surface area contributed by atoms with Crippen LogP contribution in [0, 0.1) is 0 Å². The van der Waals surface area contributed by atoms with E-state index in [4.69, 9.17) is 0 Å². The molecule has 0 aromatic rings. The maximum atomic E-state index is 13.8. The fourth-order valence-electron chi connectivity index (χ4n) is 3.76. The van der Waals surface area contributed by atoms with E-state index in [1.165, 1.54) is 0 Å². The lowest BCUT2D eigenvalue weighted by molar-refractivity contribution is -0.445. The zero-order chi connectivity index (χ0) is 49.0. The van der Waals surface area contributed by atoms with Crippen molar-refractivity contribution in [3.63, 3.8) is 0 Å². The maximum absolute atomic E-state index is 13.8. The summed E-state index contributed by atoms with van der Waals surface area (Å²) in [6.45, 7) is -4.13. The molecule has 0 spiro atoms. The Morgan fingerprint density at radius 2 is 0.433 bits per heavy atom. The van der Waals surface area contributed by atoms with Gasteiger partial charge in [0.25, 0.3) is 12.3 Å². The van der Waals surface area contributed by atoms with Gasteiger partial charge < -0.3 is 9.47 Å². The fraction of sp³-hybridized carbons (Fsp3) is 1.00. The summed E-state index contributed by atoms with van der Waals surface area (Å²) in [6, 6.07) is 0. The minimum Gasteiger partial charge on any atom is -0.318 e. The zero-order valence-electron chi connectivity index (χ0n) is 27.2. The summed E-state index contributed by atoms with van der Waals surface area (Å²) in [5.41, 5.74) is 0. The van der Waals surface area contributed by atoms with Crippen molar-refractivity contribution in [1.29, 1.82) is 0 Å². The molecule has 0 saturated heterocycles. The van der Waals surface area contributed by atoms with Crippen molar-refractivity contribution in [1.82, 2.24) is 0 Å². The molecule has 2 unspecified atom stereocenters. The van der Waals surface area contributed by atoms with E-state index in [-0.39, 0.29) is 0 Å². The van der Waals surface area contributed by atoms with Crippen LogP contribution in [0.3, 0.4) is 0 Å². The Kier molecular flexibility index (Phi) is 16.2. The molecule has 0 N–H and O–H groups in total. The smallest absolute Gasteiger partial charge is 0.318 e. The van der Waals surface area contributed by atoms with E-state index in [9.17, 15) is 149 Å². The molecule has 0 radical (unpaired) electrons. The molecule has 0 aromatic carbocycles. The van der Waals surface area contributed by atoms with Crippen molar-refractivity contribution in [2.45, 2.75) is 134 Å². The third-order valence-corrected chi connectivity index (χ3v) is 7.44. The van der Waals surface area contributed by atoms with Crippen molar-refractivity contribution < 1.29 is 159 Å². The van der Waals surface area contributed by atoms with Gasteiger partial charge in [0, 0.05) is 0 Å². The van der Waals surface area contributed by atoms with Crippen LogP contribution in [0.4, 0.5) is 149 Å². The number of alkyl halides is 34. The average molecular weight is 982 g/mol. The normalized spacial score (nSPS) is 17.2. The first-order chi connectivity index (χ1) is 25.9. The Bertz CT molecular complexity index is 1300. The summed E-state index contributed by atoms with van der Waals surface area (Å²) in [5, 5.41) is 0. The lowest BCUT2D eigenvalue weighted by Gasteiger charge is -2.42. The summed E-state index contributed by atoms with van der Waals surface area (Å²) in [7, 11) is 0. The van der Waals surface area contributed by atoms with Crippen LogP contribution in [0.5, 0.6) is 0 Å². The van der Waals surface area contributed by atoms with E-state index in [2.05, 4.69) is 9.47 Å². The Morgan fingerprint density at radius 1 is 0.250 bits per heavy atom. The summed E-state index contributed by atoms with van der Waals surface area (Å²) >= 11 is 0. The monoisotopic (exact) mass is 982 g/mol. The second-order valence-corrected chi connectivity index (χ2v) is 11.6. The van der Waals surface area contributed by atoms with Crippen LogP contribution < -0.4 is 0 Å². The first-order valence-corrected chi connectivity index (χ1v) is 14.3. The Hall–Kier alpha value is -2.46. The van der Waals surface area contributed by atoms with Crippen LogP contribution in [-0.4, -0.2) is 122 Å². The molecule has 0 aliphatic heterocycles. The maximum Gasteiger partial charge on any atom is 0.393 e. The summed E-state index contributed by atoms with van der Waals surface area (Å²) < 4.78 is 459. The molecular formula is C24H16F34O2. The number of halogens is 34. The SMILES string of the molecule is FC(F)C(F)(F)C(F)(F)C(F)(F)C(F)(F)C(F)(F)C(F)(F)C(F)C(F)(F)OCCCCCCOC(F)(F)C(F)C(F)(F)C(F)(F)C(F)(F)C(F)(F)C(F)(F)C(F)(F)C(F)F. The molecule has 60 heavy (non-hydrogen) atoms. The van der Waals surface area contributed by atoms with Gasteiger partial charge in [-0.25, -0.2) is 26.3 Å². The van der Waals surface area contributed by atoms with Gasteiger partial charge in [0.2, 0.25) is 0 Å². The topological polar surface area (TPSA) is 18.5 Å². The van der Waals surface area contributed by atoms with Crippen molar-refractivity contribution in [2.75, 3.05) is 13.2 Å². The fourth-order valence-corrected chi connectivity index (χ4v) is 3.76. The van der Waals surface area contributed by atoms with Crippen molar-refractivity contribution >= 4 is 0 Å². The van der Waals surface area contributed by atoms with Gasteiger partial charge in [-0.2, -0.15) is 123 Å². The predicted molar refractivity (Wildman–Crippen MR) is 121 cm³/mol. The molecule has 2 atom stereocenters. The van der Waals surface area contributed by atoms with E-state index in [0.717, 1.165) is 0 Å². The van der Waals surface area contributed by atoms with Gasteiger partial charge in [-0.15, -0.1) is 0 Å². The predicted octanol–water partition coefficient (Wildman–Crippen LogP) is 12.6. The van der Waals surface area contributed by atoms with Crippen molar-refractivity contribution in [2.24, 2.45) is 0 Å². The first-order valence-electron chi connectivity index (χ1n) is 14.3. The van der Waals surface area contributed by atoms with Gasteiger partial charge in [0.1, 0.15) is 0 Å². The standard InChI is InChI=1S/C24H16F34O2/c25-7(11(31,32)17(43,44)21(51,52)23(55,56)19(47,48)13(35,36)9(27)28)15(39,40)59-5-3-1-2-4-6-60-16(41,42)8(26)12(33,34)18(45,46)22(53,54)24(57,58)20(49,50)14(37,38)10(29)30/h7-10H,1-6H2. The summed E-state index contributed by atoms with van der Waals surface area (Å²) in [6.07, 6.45) is -43.0. The highest BCUT2D eigenvalue weighted by atomic mass is 19.4. The number of rotatable bonds is 25. The highest BCUT2D eigenvalue weighted by Gasteiger charge is 2.94. The zero-order valence-corrected chi connectivity index (χ0v) is 27.2. The molecule has 0 rings (SSSR count). The molecule has 0 saturated carbocycles. The van der Waals surface area contributed by atoms with Crippen molar-refractivity contribution in [3.8, 4) is 0 Å². The number of unbranched alkanes of at least 4 members (excludes halogenated alkanes) is 3. The van der Waals surface area contributed by atoms with Gasteiger partial charge >= 0.3 is 96.1 Å². The first kappa shape index (κ1) is 57.5. The summed E-state index contributed by atoms with van der Waals surface area (Å²) in [4.78, 5) is 0. The Balaban J connectivity index is 5.70. The van der Waals surface area contributed by atoms with Gasteiger partial charge in [0.15, 0.2) is 0 Å². The van der Waals surface area contributed by atoms with Crippen LogP contribution in [-0.2, 0) is 9.47 Å². The van der Waals surface area contributed by atoms with Gasteiger partial charge in [-0.05, 0) is 12.8 Å². The molecule has 2 nitrogen and oxygen atoms in total. The molecule has 0 bridgehead atoms. The van der Waals surface area contributed by atoms with E-state index >= 15 is 0 Å². The largest absolute Gasteiger partial charge is 0.393 e. The average Bonchev–Trinajstić information content (AvgIpc) is 3.07. The number of hydrogen-bond donors (Lipinski definition) is 0. The molecular weight excluding hydrogens is 966 g/mol. The highest BCUT2D eigenvalue weighted by molar-refractivity contribution is 5.15. The Labute approximate surface area is 307 Å². The molecule has 0 aliphatic rings. The lowest BCUT2D eigenvalue weighted by atomic mass is 9.89. The molecule has 0 fully saturated rings. The van der Waals surface area contributed by atoms with Gasteiger partial charge in [0.05, 0.1) is 13.2 Å². The Morgan fingerprint density at radius 3 is 0.617 bits per heavy atom. The molecule has 0 aromatic heterocycles. The van der Waals surface area contributed by atoms with E-state index in [0.29, 0.717) is 0 Å². The third-order valence-electron chi connectivity index (χ3n) is 7.44. The van der Waals surface area contributed by atoms with Crippen LogP contribution in [0.2, 0.25) is 0 Å².